The van der Waals surface area contributed by atoms with Crippen LogP contribution >= 0.6 is 22.9 Å². The fraction of sp³-hybridized carbons (Fsp3) is 0.455. The Balaban J connectivity index is 1.93. The Hall–Kier alpha value is -1.47. The number of carboxylic acids is 1. The Morgan fingerprint density at radius 1 is 1.58 bits per heavy atom. The average Bonchev–Trinajstić information content (AvgIpc) is 2.91. The third-order valence-electron chi connectivity index (χ3n) is 3.57. The van der Waals surface area contributed by atoms with E-state index < -0.39 is 11.4 Å². The number of nitrogens with zero attached hydrogens (tertiary/aromatic N) is 4. The Labute approximate surface area is 118 Å². The molecule has 0 spiro atoms. The Kier molecular flexibility index (Phi) is 3.02. The predicted molar refractivity (Wildman–Crippen MR) is 70.1 cm³/mol. The molecule has 0 aliphatic heterocycles. The molecule has 1 fully saturated rings. The van der Waals surface area contributed by atoms with Gasteiger partial charge in [0.15, 0.2) is 5.82 Å². The number of tetrazole rings is 1. The van der Waals surface area contributed by atoms with Crippen LogP contribution in [0.25, 0.3) is 10.7 Å². The number of aliphatic carboxylic acids is 1. The van der Waals surface area contributed by atoms with Crippen LogP contribution in [0, 0.1) is 5.41 Å². The van der Waals surface area contributed by atoms with Gasteiger partial charge in [0.05, 0.1) is 21.9 Å². The fourth-order valence-corrected chi connectivity index (χ4v) is 3.39. The van der Waals surface area contributed by atoms with Crippen LogP contribution in [0.5, 0.6) is 0 Å². The lowest BCUT2D eigenvalue weighted by Gasteiger charge is -2.37. The Morgan fingerprint density at radius 3 is 2.89 bits per heavy atom. The molecule has 0 aromatic carbocycles. The minimum atomic E-state index is -0.780. The third-order valence-corrected chi connectivity index (χ3v) is 4.91. The summed E-state index contributed by atoms with van der Waals surface area (Å²) in [5.41, 5.74) is -0.728. The summed E-state index contributed by atoms with van der Waals surface area (Å²) in [7, 11) is 0. The summed E-state index contributed by atoms with van der Waals surface area (Å²) in [5, 5.41) is 23.3. The summed E-state index contributed by atoms with van der Waals surface area (Å²) >= 11 is 7.51. The summed E-state index contributed by atoms with van der Waals surface area (Å²) in [6.45, 7) is 0.291. The van der Waals surface area contributed by atoms with Crippen molar-refractivity contribution in [3.05, 3.63) is 16.5 Å². The second-order valence-corrected chi connectivity index (χ2v) is 6.02. The van der Waals surface area contributed by atoms with E-state index in [1.165, 1.54) is 11.3 Å². The largest absolute Gasteiger partial charge is 0.481 e. The standard InChI is InChI=1S/C11H11ClN4O2S/c12-7-2-5-19-8(7)9-13-14-15-16(9)6-11(10(17)18)3-1-4-11/h2,5H,1,3-4,6H2,(H,17,18). The zero-order chi connectivity index (χ0) is 13.5. The van der Waals surface area contributed by atoms with Crippen LogP contribution in [0.2, 0.25) is 5.02 Å². The molecule has 1 aliphatic rings. The number of halogens is 1. The predicted octanol–water partition coefficient (Wildman–Crippen LogP) is 2.31. The summed E-state index contributed by atoms with van der Waals surface area (Å²) in [4.78, 5) is 12.2. The maximum atomic E-state index is 11.4. The lowest BCUT2D eigenvalue weighted by atomic mass is 9.69. The zero-order valence-electron chi connectivity index (χ0n) is 9.91. The van der Waals surface area contributed by atoms with Crippen molar-refractivity contribution in [2.75, 3.05) is 0 Å². The number of hydrogen-bond acceptors (Lipinski definition) is 5. The van der Waals surface area contributed by atoms with Crippen molar-refractivity contribution in [2.24, 2.45) is 5.41 Å². The number of aromatic nitrogens is 4. The van der Waals surface area contributed by atoms with E-state index in [-0.39, 0.29) is 0 Å². The highest BCUT2D eigenvalue weighted by atomic mass is 35.5. The lowest BCUT2D eigenvalue weighted by molar-refractivity contribution is -0.156. The first-order chi connectivity index (χ1) is 9.12. The van der Waals surface area contributed by atoms with E-state index in [4.69, 9.17) is 11.6 Å². The van der Waals surface area contributed by atoms with Crippen LogP contribution in [0.1, 0.15) is 19.3 Å². The van der Waals surface area contributed by atoms with Gasteiger partial charge in [-0.2, -0.15) is 0 Å². The molecule has 3 rings (SSSR count). The molecule has 0 bridgehead atoms. The molecule has 0 saturated heterocycles. The Morgan fingerprint density at radius 2 is 2.37 bits per heavy atom. The number of thiophene rings is 1. The van der Waals surface area contributed by atoms with Gasteiger partial charge in [0.2, 0.25) is 0 Å². The van der Waals surface area contributed by atoms with Gasteiger partial charge in [-0.15, -0.1) is 16.4 Å². The molecular weight excluding hydrogens is 288 g/mol. The van der Waals surface area contributed by atoms with E-state index >= 15 is 0 Å². The van der Waals surface area contributed by atoms with Gasteiger partial charge < -0.3 is 5.11 Å². The van der Waals surface area contributed by atoms with Crippen LogP contribution in [-0.2, 0) is 11.3 Å². The van der Waals surface area contributed by atoms with Crippen molar-refractivity contribution in [3.8, 4) is 10.7 Å². The molecular formula is C11H11ClN4O2S. The van der Waals surface area contributed by atoms with Crippen LogP contribution in [0.4, 0.5) is 0 Å². The highest BCUT2D eigenvalue weighted by Crippen LogP contribution is 2.43. The molecule has 0 atom stereocenters. The highest BCUT2D eigenvalue weighted by molar-refractivity contribution is 7.14. The number of rotatable bonds is 4. The van der Waals surface area contributed by atoms with E-state index in [2.05, 4.69) is 15.5 Å². The molecule has 2 heterocycles. The first-order valence-corrected chi connectivity index (χ1v) is 7.11. The average molecular weight is 299 g/mol. The minimum Gasteiger partial charge on any atom is -0.481 e. The first-order valence-electron chi connectivity index (χ1n) is 5.85. The second-order valence-electron chi connectivity index (χ2n) is 4.70. The van der Waals surface area contributed by atoms with Crippen LogP contribution < -0.4 is 0 Å². The zero-order valence-corrected chi connectivity index (χ0v) is 11.5. The van der Waals surface area contributed by atoms with Gasteiger partial charge in [-0.1, -0.05) is 18.0 Å². The van der Waals surface area contributed by atoms with Crippen molar-refractivity contribution in [1.82, 2.24) is 20.2 Å². The van der Waals surface area contributed by atoms with Gasteiger partial charge in [-0.25, -0.2) is 4.68 Å². The number of carbonyl (C=O) groups is 1. The van der Waals surface area contributed by atoms with Crippen molar-refractivity contribution in [3.63, 3.8) is 0 Å². The normalized spacial score (nSPS) is 17.1. The van der Waals surface area contributed by atoms with Crippen LogP contribution in [-0.4, -0.2) is 31.3 Å². The van der Waals surface area contributed by atoms with Gasteiger partial charge in [0.1, 0.15) is 0 Å². The van der Waals surface area contributed by atoms with Crippen LogP contribution in [0.15, 0.2) is 11.4 Å². The third kappa shape index (κ3) is 2.02. The molecule has 8 heteroatoms. The molecule has 1 saturated carbocycles. The number of hydrogen-bond donors (Lipinski definition) is 1. The second kappa shape index (κ2) is 4.57. The van der Waals surface area contributed by atoms with Crippen LogP contribution in [0.3, 0.4) is 0 Å². The molecule has 2 aromatic heterocycles. The molecule has 0 unspecified atom stereocenters. The lowest BCUT2D eigenvalue weighted by Crippen LogP contribution is -2.42. The summed E-state index contributed by atoms with van der Waals surface area (Å²) in [6.07, 6.45) is 2.27. The van der Waals surface area contributed by atoms with Crippen molar-refractivity contribution >= 4 is 28.9 Å². The van der Waals surface area contributed by atoms with Crippen molar-refractivity contribution in [1.29, 1.82) is 0 Å². The van der Waals surface area contributed by atoms with E-state index in [9.17, 15) is 9.90 Å². The minimum absolute atomic E-state index is 0.291. The molecule has 100 valence electrons. The highest BCUT2D eigenvalue weighted by Gasteiger charge is 2.45. The smallest absolute Gasteiger partial charge is 0.311 e. The van der Waals surface area contributed by atoms with E-state index in [1.54, 1.807) is 10.7 Å². The van der Waals surface area contributed by atoms with Gasteiger partial charge in [-0.3, -0.25) is 4.79 Å². The summed E-state index contributed by atoms with van der Waals surface area (Å²) < 4.78 is 1.55. The number of carboxylic acid groups (broad SMARTS) is 1. The molecule has 0 radical (unpaired) electrons. The SMILES string of the molecule is O=C(O)C1(Cn2nnnc2-c2sccc2Cl)CCC1. The van der Waals surface area contributed by atoms with Gasteiger partial charge in [-0.05, 0) is 34.7 Å². The molecule has 1 aliphatic carbocycles. The quantitative estimate of drug-likeness (QED) is 0.937. The monoisotopic (exact) mass is 298 g/mol. The fourth-order valence-electron chi connectivity index (χ4n) is 2.26. The maximum absolute atomic E-state index is 11.4. The van der Waals surface area contributed by atoms with Crippen molar-refractivity contribution in [2.45, 2.75) is 25.8 Å². The summed E-state index contributed by atoms with van der Waals surface area (Å²) in [5.74, 6) is -0.245. The maximum Gasteiger partial charge on any atom is 0.311 e. The molecule has 6 nitrogen and oxygen atoms in total. The molecule has 19 heavy (non-hydrogen) atoms. The topological polar surface area (TPSA) is 80.9 Å². The first kappa shape index (κ1) is 12.6. The van der Waals surface area contributed by atoms with Gasteiger partial charge in [0.25, 0.3) is 0 Å². The Bertz CT molecular complexity index is 620. The molecule has 0 amide bonds. The van der Waals surface area contributed by atoms with Gasteiger partial charge in [0, 0.05) is 0 Å². The van der Waals surface area contributed by atoms with E-state index in [0.717, 1.165) is 11.3 Å². The van der Waals surface area contributed by atoms with E-state index in [1.807, 2.05) is 5.38 Å². The van der Waals surface area contributed by atoms with Crippen molar-refractivity contribution < 1.29 is 9.90 Å². The van der Waals surface area contributed by atoms with Gasteiger partial charge >= 0.3 is 5.97 Å². The van der Waals surface area contributed by atoms with E-state index in [0.29, 0.717) is 30.2 Å². The molecule has 2 aromatic rings. The molecule has 1 N–H and O–H groups in total. The summed E-state index contributed by atoms with van der Waals surface area (Å²) in [6, 6.07) is 1.77.